The van der Waals surface area contributed by atoms with Crippen LogP contribution in [0.3, 0.4) is 0 Å². The van der Waals surface area contributed by atoms with E-state index in [1.165, 1.54) is 50.8 Å². The lowest BCUT2D eigenvalue weighted by Gasteiger charge is -2.47. The summed E-state index contributed by atoms with van der Waals surface area (Å²) in [5.41, 5.74) is 2.62. The number of nitrogens with zero attached hydrogens (tertiary/aromatic N) is 2. The van der Waals surface area contributed by atoms with Crippen LogP contribution in [-0.2, 0) is 0 Å². The number of aryl methyl sites for hydroxylation is 1. The van der Waals surface area contributed by atoms with Gasteiger partial charge in [0, 0.05) is 41.8 Å². The van der Waals surface area contributed by atoms with Crippen molar-refractivity contribution in [1.29, 1.82) is 0 Å². The van der Waals surface area contributed by atoms with Gasteiger partial charge in [0.05, 0.1) is 6.10 Å². The molecule has 1 aromatic rings. The van der Waals surface area contributed by atoms with E-state index in [0.717, 1.165) is 36.6 Å². The van der Waals surface area contributed by atoms with Crippen LogP contribution in [0, 0.1) is 12.3 Å². The molecule has 0 bridgehead atoms. The highest BCUT2D eigenvalue weighted by atomic mass is 35.5. The van der Waals surface area contributed by atoms with Crippen molar-refractivity contribution in [3.05, 3.63) is 28.8 Å². The van der Waals surface area contributed by atoms with Crippen molar-refractivity contribution in [2.75, 3.05) is 31.1 Å². The van der Waals surface area contributed by atoms with Crippen molar-refractivity contribution in [3.8, 4) is 0 Å². The molecule has 0 amide bonds. The number of piperidine rings is 2. The van der Waals surface area contributed by atoms with Gasteiger partial charge in [-0.05, 0) is 69.7 Å². The van der Waals surface area contributed by atoms with Crippen LogP contribution < -0.4 is 4.90 Å². The maximum atomic E-state index is 10.5. The molecular formula is C21H31ClN2O. The normalized spacial score (nSPS) is 31.8. The molecule has 2 atom stereocenters. The topological polar surface area (TPSA) is 26.7 Å². The van der Waals surface area contributed by atoms with E-state index in [0.29, 0.717) is 6.04 Å². The number of benzene rings is 1. The summed E-state index contributed by atoms with van der Waals surface area (Å²) in [4.78, 5) is 5.18. The molecule has 1 N–H and O–H groups in total. The molecule has 138 valence electrons. The van der Waals surface area contributed by atoms with Crippen molar-refractivity contribution in [2.24, 2.45) is 5.41 Å². The van der Waals surface area contributed by atoms with Crippen LogP contribution in [0.5, 0.6) is 0 Å². The van der Waals surface area contributed by atoms with E-state index in [4.69, 9.17) is 11.6 Å². The molecule has 1 saturated carbocycles. The van der Waals surface area contributed by atoms with Gasteiger partial charge >= 0.3 is 0 Å². The number of hydrogen-bond acceptors (Lipinski definition) is 3. The van der Waals surface area contributed by atoms with Gasteiger partial charge in [-0.25, -0.2) is 0 Å². The number of likely N-dealkylation sites (tertiary alicyclic amines) is 1. The highest BCUT2D eigenvalue weighted by molar-refractivity contribution is 6.31. The molecule has 2 heterocycles. The summed E-state index contributed by atoms with van der Waals surface area (Å²) in [6.07, 6.45) is 8.31. The van der Waals surface area contributed by atoms with E-state index >= 15 is 0 Å². The Hall–Kier alpha value is -0.770. The SMILES string of the molecule is Cc1ccc(N2CCC(N3CCC[C@]4(CCC[C@H]4O)C3)CC2)cc1Cl. The molecule has 0 aromatic heterocycles. The smallest absolute Gasteiger partial charge is 0.0608 e. The van der Waals surface area contributed by atoms with Gasteiger partial charge < -0.3 is 10.0 Å². The average molecular weight is 363 g/mol. The van der Waals surface area contributed by atoms with E-state index in [2.05, 4.69) is 34.9 Å². The Kier molecular flexibility index (Phi) is 5.00. The van der Waals surface area contributed by atoms with Crippen LogP contribution >= 0.6 is 11.6 Å². The van der Waals surface area contributed by atoms with E-state index in [1.807, 2.05) is 0 Å². The second-order valence-electron chi connectivity index (χ2n) is 8.50. The minimum atomic E-state index is -0.0647. The fraction of sp³-hybridized carbons (Fsp3) is 0.714. The maximum Gasteiger partial charge on any atom is 0.0608 e. The summed E-state index contributed by atoms with van der Waals surface area (Å²) in [6, 6.07) is 7.12. The Balaban J connectivity index is 1.37. The molecule has 2 aliphatic heterocycles. The van der Waals surface area contributed by atoms with Gasteiger partial charge in [-0.3, -0.25) is 4.90 Å². The minimum Gasteiger partial charge on any atom is -0.393 e. The number of hydrogen-bond donors (Lipinski definition) is 1. The van der Waals surface area contributed by atoms with Crippen LogP contribution in [0.4, 0.5) is 5.69 Å². The number of halogens is 1. The summed E-state index contributed by atoms with van der Waals surface area (Å²) in [6.45, 7) is 6.61. The molecule has 1 aliphatic carbocycles. The van der Waals surface area contributed by atoms with E-state index < -0.39 is 0 Å². The lowest BCUT2D eigenvalue weighted by molar-refractivity contribution is -0.0262. The first-order valence-corrected chi connectivity index (χ1v) is 10.4. The molecule has 1 aromatic carbocycles. The monoisotopic (exact) mass is 362 g/mol. The maximum absolute atomic E-state index is 10.5. The van der Waals surface area contributed by atoms with Gasteiger partial charge in [0.1, 0.15) is 0 Å². The predicted octanol–water partition coefficient (Wildman–Crippen LogP) is 4.24. The first kappa shape index (κ1) is 17.6. The van der Waals surface area contributed by atoms with Crippen LogP contribution in [0.1, 0.15) is 50.5 Å². The quantitative estimate of drug-likeness (QED) is 0.852. The molecule has 25 heavy (non-hydrogen) atoms. The summed E-state index contributed by atoms with van der Waals surface area (Å²) < 4.78 is 0. The Morgan fingerprint density at radius 1 is 1.08 bits per heavy atom. The molecule has 0 radical (unpaired) electrons. The Morgan fingerprint density at radius 3 is 2.52 bits per heavy atom. The zero-order chi connectivity index (χ0) is 17.4. The van der Waals surface area contributed by atoms with Gasteiger partial charge in [-0.2, -0.15) is 0 Å². The Morgan fingerprint density at radius 2 is 1.84 bits per heavy atom. The molecule has 0 unspecified atom stereocenters. The minimum absolute atomic E-state index is 0.0647. The summed E-state index contributed by atoms with van der Waals surface area (Å²) in [5.74, 6) is 0. The average Bonchev–Trinajstić information content (AvgIpc) is 2.97. The van der Waals surface area contributed by atoms with Gasteiger partial charge in [0.2, 0.25) is 0 Å². The highest BCUT2D eigenvalue weighted by Gasteiger charge is 2.45. The predicted molar refractivity (Wildman–Crippen MR) is 105 cm³/mol. The fourth-order valence-corrected chi connectivity index (χ4v) is 5.55. The zero-order valence-electron chi connectivity index (χ0n) is 15.4. The van der Waals surface area contributed by atoms with Gasteiger partial charge in [0.25, 0.3) is 0 Å². The first-order valence-electron chi connectivity index (χ1n) is 10.0. The van der Waals surface area contributed by atoms with Gasteiger partial charge in [-0.15, -0.1) is 0 Å². The fourth-order valence-electron chi connectivity index (χ4n) is 5.37. The van der Waals surface area contributed by atoms with E-state index in [1.54, 1.807) is 0 Å². The number of anilines is 1. The second kappa shape index (κ2) is 7.09. The molecule has 3 fully saturated rings. The van der Waals surface area contributed by atoms with Crippen molar-refractivity contribution in [1.82, 2.24) is 4.90 Å². The lowest BCUT2D eigenvalue weighted by atomic mass is 9.76. The summed E-state index contributed by atoms with van der Waals surface area (Å²) in [7, 11) is 0. The third-order valence-corrected chi connectivity index (χ3v) is 7.41. The molecule has 3 aliphatic rings. The highest BCUT2D eigenvalue weighted by Crippen LogP contribution is 2.45. The third-order valence-electron chi connectivity index (χ3n) is 7.00. The number of aliphatic hydroxyl groups excluding tert-OH is 1. The van der Waals surface area contributed by atoms with Crippen molar-refractivity contribution in [2.45, 2.75) is 64.0 Å². The van der Waals surface area contributed by atoms with Crippen LogP contribution in [0.2, 0.25) is 5.02 Å². The number of aliphatic hydroxyl groups is 1. The van der Waals surface area contributed by atoms with Crippen molar-refractivity contribution >= 4 is 17.3 Å². The molecule has 1 spiro atoms. The number of rotatable bonds is 2. The third kappa shape index (κ3) is 3.43. The Bertz CT molecular complexity index is 614. The molecular weight excluding hydrogens is 332 g/mol. The van der Waals surface area contributed by atoms with E-state index in [9.17, 15) is 5.11 Å². The molecule has 3 nitrogen and oxygen atoms in total. The first-order chi connectivity index (χ1) is 12.1. The Labute approximate surface area is 157 Å². The molecule has 4 heteroatoms. The van der Waals surface area contributed by atoms with Crippen molar-refractivity contribution in [3.63, 3.8) is 0 Å². The molecule has 2 saturated heterocycles. The summed E-state index contributed by atoms with van der Waals surface area (Å²) in [5, 5.41) is 11.4. The summed E-state index contributed by atoms with van der Waals surface area (Å²) >= 11 is 6.31. The lowest BCUT2D eigenvalue weighted by Crippen LogP contribution is -2.53. The van der Waals surface area contributed by atoms with Gasteiger partial charge in [0.15, 0.2) is 0 Å². The van der Waals surface area contributed by atoms with Crippen LogP contribution in [0.15, 0.2) is 18.2 Å². The van der Waals surface area contributed by atoms with Crippen molar-refractivity contribution < 1.29 is 5.11 Å². The largest absolute Gasteiger partial charge is 0.393 e. The van der Waals surface area contributed by atoms with Gasteiger partial charge in [-0.1, -0.05) is 24.1 Å². The standard InChI is InChI=1S/C21H31ClN2O/c1-16-5-6-18(14-19(16)22)23-12-7-17(8-13-23)24-11-3-10-21(15-24)9-2-4-20(21)25/h5-6,14,17,20,25H,2-4,7-13,15H2,1H3/t20-,21-/m1/s1. The molecule has 4 rings (SSSR count). The zero-order valence-corrected chi connectivity index (χ0v) is 16.1. The second-order valence-corrected chi connectivity index (χ2v) is 8.90. The van der Waals surface area contributed by atoms with Crippen LogP contribution in [-0.4, -0.2) is 48.3 Å². The van der Waals surface area contributed by atoms with E-state index in [-0.39, 0.29) is 11.5 Å². The van der Waals surface area contributed by atoms with Crippen LogP contribution in [0.25, 0.3) is 0 Å².